The maximum Gasteiger partial charge on any atom is 0.232 e. The van der Waals surface area contributed by atoms with E-state index in [2.05, 4.69) is 40.5 Å². The quantitative estimate of drug-likeness (QED) is 0.875. The van der Waals surface area contributed by atoms with Crippen LogP contribution in [0.2, 0.25) is 0 Å². The number of para-hydroxylation sites is 1. The molecule has 3 unspecified atom stereocenters. The molecule has 1 fully saturated rings. The molecule has 0 saturated carbocycles. The predicted molar refractivity (Wildman–Crippen MR) is 82.9 cm³/mol. The fourth-order valence-electron chi connectivity index (χ4n) is 3.88. The first-order valence-electron chi connectivity index (χ1n) is 7.60. The average Bonchev–Trinajstić information content (AvgIpc) is 3.10. The molecule has 1 saturated heterocycles. The van der Waals surface area contributed by atoms with Crippen molar-refractivity contribution in [1.82, 2.24) is 10.2 Å². The van der Waals surface area contributed by atoms with Gasteiger partial charge >= 0.3 is 0 Å². The molecule has 3 aliphatic rings. The minimum Gasteiger partial charge on any atom is -0.370 e. The molecule has 5 nitrogen and oxygen atoms in total. The van der Waals surface area contributed by atoms with E-state index in [4.69, 9.17) is 0 Å². The zero-order valence-corrected chi connectivity index (χ0v) is 12.2. The Morgan fingerprint density at radius 2 is 2.24 bits per heavy atom. The molecule has 5 heteroatoms. The Hall–Kier alpha value is -2.04. The summed E-state index contributed by atoms with van der Waals surface area (Å²) in [6, 6.07) is 8.91. The van der Waals surface area contributed by atoms with Gasteiger partial charge in [0.05, 0.1) is 24.8 Å². The first-order chi connectivity index (χ1) is 10.3. The highest BCUT2D eigenvalue weighted by atomic mass is 16.2. The number of likely N-dealkylation sites (N-methyl/N-ethyl adjacent to an activating group) is 1. The zero-order valence-electron chi connectivity index (χ0n) is 12.2. The van der Waals surface area contributed by atoms with E-state index >= 15 is 0 Å². The van der Waals surface area contributed by atoms with Crippen LogP contribution < -0.4 is 10.2 Å². The van der Waals surface area contributed by atoms with Gasteiger partial charge in [-0.25, -0.2) is 0 Å². The summed E-state index contributed by atoms with van der Waals surface area (Å²) in [4.78, 5) is 21.4. The summed E-state index contributed by atoms with van der Waals surface area (Å²) in [6.07, 6.45) is 2.79. The first-order valence-corrected chi connectivity index (χ1v) is 7.60. The average molecular weight is 284 g/mol. The molecule has 3 heterocycles. The molecular formula is C16H20N4O. The van der Waals surface area contributed by atoms with Crippen LogP contribution in [0, 0.1) is 0 Å². The lowest BCUT2D eigenvalue weighted by Crippen LogP contribution is -2.52. The van der Waals surface area contributed by atoms with Gasteiger partial charge in [0.25, 0.3) is 0 Å². The van der Waals surface area contributed by atoms with Crippen LogP contribution >= 0.6 is 0 Å². The number of piperidine rings is 1. The highest BCUT2D eigenvalue weighted by Gasteiger charge is 2.45. The number of aliphatic imine (C=N–C) groups is 1. The van der Waals surface area contributed by atoms with Crippen molar-refractivity contribution < 1.29 is 4.79 Å². The van der Waals surface area contributed by atoms with Crippen LogP contribution in [0.1, 0.15) is 17.9 Å². The smallest absolute Gasteiger partial charge is 0.232 e. The second-order valence-electron chi connectivity index (χ2n) is 6.15. The Balaban J connectivity index is 1.58. The van der Waals surface area contributed by atoms with Crippen LogP contribution in [-0.4, -0.2) is 55.9 Å². The van der Waals surface area contributed by atoms with Crippen LogP contribution in [0.15, 0.2) is 29.3 Å². The third-order valence-electron chi connectivity index (χ3n) is 4.97. The highest BCUT2D eigenvalue weighted by molar-refractivity contribution is 5.90. The minimum absolute atomic E-state index is 0.00210. The van der Waals surface area contributed by atoms with Crippen LogP contribution in [-0.2, 0) is 4.79 Å². The molecule has 3 aliphatic heterocycles. The topological polar surface area (TPSA) is 47.9 Å². The van der Waals surface area contributed by atoms with Crippen molar-refractivity contribution in [2.24, 2.45) is 4.99 Å². The standard InChI is InChI=1S/C16H20N4O/c1-19-13-5-3-2-4-12(13)15-14(19)6-7-20(16(15)21)9-11-8-17-10-18-11/h2-5,10-11,14-15H,6-9H2,1H3,(H,17,18). The van der Waals surface area contributed by atoms with Gasteiger partial charge in [-0.1, -0.05) is 18.2 Å². The van der Waals surface area contributed by atoms with E-state index in [-0.39, 0.29) is 17.9 Å². The largest absolute Gasteiger partial charge is 0.370 e. The second kappa shape index (κ2) is 4.76. The summed E-state index contributed by atoms with van der Waals surface area (Å²) in [7, 11) is 2.11. The van der Waals surface area contributed by atoms with Gasteiger partial charge in [-0.3, -0.25) is 9.79 Å². The molecule has 21 heavy (non-hydrogen) atoms. The Bertz CT molecular complexity index is 592. The van der Waals surface area contributed by atoms with Gasteiger partial charge < -0.3 is 15.1 Å². The van der Waals surface area contributed by atoms with Crippen molar-refractivity contribution in [3.63, 3.8) is 0 Å². The van der Waals surface area contributed by atoms with Crippen molar-refractivity contribution in [3.8, 4) is 0 Å². The Morgan fingerprint density at radius 3 is 3.05 bits per heavy atom. The summed E-state index contributed by atoms with van der Waals surface area (Å²) < 4.78 is 0. The van der Waals surface area contributed by atoms with E-state index in [1.807, 2.05) is 11.0 Å². The Morgan fingerprint density at radius 1 is 1.38 bits per heavy atom. The van der Waals surface area contributed by atoms with Crippen molar-refractivity contribution in [3.05, 3.63) is 29.8 Å². The van der Waals surface area contributed by atoms with Gasteiger partial charge in [0.15, 0.2) is 0 Å². The molecule has 4 rings (SSSR count). The molecule has 1 N–H and O–H groups in total. The normalized spacial score (nSPS) is 30.3. The van der Waals surface area contributed by atoms with E-state index in [1.165, 1.54) is 11.3 Å². The number of nitrogens with zero attached hydrogens (tertiary/aromatic N) is 3. The number of carbonyl (C=O) groups excluding carboxylic acids is 1. The number of rotatable bonds is 2. The number of carbonyl (C=O) groups is 1. The van der Waals surface area contributed by atoms with Gasteiger partial charge in [-0.05, 0) is 18.1 Å². The van der Waals surface area contributed by atoms with Gasteiger partial charge in [0.2, 0.25) is 5.91 Å². The van der Waals surface area contributed by atoms with Crippen molar-refractivity contribution in [2.75, 3.05) is 31.6 Å². The zero-order chi connectivity index (χ0) is 14.4. The number of benzene rings is 1. The highest BCUT2D eigenvalue weighted by Crippen LogP contribution is 2.44. The number of hydrogen-bond donors (Lipinski definition) is 1. The lowest BCUT2D eigenvalue weighted by Gasteiger charge is -2.38. The van der Waals surface area contributed by atoms with E-state index in [0.717, 1.165) is 26.1 Å². The van der Waals surface area contributed by atoms with Crippen molar-refractivity contribution in [2.45, 2.75) is 24.4 Å². The molecular weight excluding hydrogens is 264 g/mol. The maximum absolute atomic E-state index is 12.9. The monoisotopic (exact) mass is 284 g/mol. The molecule has 0 aromatic heterocycles. The Kier molecular flexibility index (Phi) is 2.87. The summed E-state index contributed by atoms with van der Waals surface area (Å²) in [5.41, 5.74) is 2.40. The third kappa shape index (κ3) is 1.91. The molecule has 0 radical (unpaired) electrons. The number of anilines is 1. The third-order valence-corrected chi connectivity index (χ3v) is 4.97. The minimum atomic E-state index is 0.00210. The number of likely N-dealkylation sites (tertiary alicyclic amines) is 1. The van der Waals surface area contributed by atoms with Crippen molar-refractivity contribution >= 4 is 17.9 Å². The van der Waals surface area contributed by atoms with Crippen LogP contribution in [0.4, 0.5) is 5.69 Å². The lowest BCUT2D eigenvalue weighted by atomic mass is 9.88. The molecule has 1 amide bonds. The molecule has 0 spiro atoms. The van der Waals surface area contributed by atoms with E-state index in [9.17, 15) is 4.79 Å². The SMILES string of the molecule is CN1c2ccccc2C2C(=O)N(CC3CN=CN3)CCC21. The molecule has 1 aromatic rings. The summed E-state index contributed by atoms with van der Waals surface area (Å²) in [5.74, 6) is 0.277. The van der Waals surface area contributed by atoms with E-state index in [0.29, 0.717) is 6.04 Å². The van der Waals surface area contributed by atoms with Gasteiger partial charge in [0, 0.05) is 31.9 Å². The van der Waals surface area contributed by atoms with Crippen LogP contribution in [0.25, 0.3) is 0 Å². The summed E-state index contributed by atoms with van der Waals surface area (Å²) in [5, 5.41) is 3.22. The van der Waals surface area contributed by atoms with E-state index in [1.54, 1.807) is 6.34 Å². The van der Waals surface area contributed by atoms with Gasteiger partial charge in [-0.15, -0.1) is 0 Å². The first kappa shape index (κ1) is 12.7. The fourth-order valence-corrected chi connectivity index (χ4v) is 3.88. The van der Waals surface area contributed by atoms with Gasteiger partial charge in [-0.2, -0.15) is 0 Å². The summed E-state index contributed by atoms with van der Waals surface area (Å²) in [6.45, 7) is 2.37. The Labute approximate surface area is 124 Å². The molecule has 110 valence electrons. The number of hydrogen-bond acceptors (Lipinski definition) is 4. The molecule has 0 bridgehead atoms. The van der Waals surface area contributed by atoms with E-state index < -0.39 is 0 Å². The lowest BCUT2D eigenvalue weighted by molar-refractivity contribution is -0.135. The number of nitrogens with one attached hydrogen (secondary N) is 1. The van der Waals surface area contributed by atoms with Crippen LogP contribution in [0.5, 0.6) is 0 Å². The molecule has 0 aliphatic carbocycles. The van der Waals surface area contributed by atoms with Gasteiger partial charge in [0.1, 0.15) is 0 Å². The predicted octanol–water partition coefficient (Wildman–Crippen LogP) is 0.821. The summed E-state index contributed by atoms with van der Waals surface area (Å²) >= 11 is 0. The second-order valence-corrected chi connectivity index (χ2v) is 6.15. The van der Waals surface area contributed by atoms with Crippen molar-refractivity contribution in [1.29, 1.82) is 0 Å². The maximum atomic E-state index is 12.9. The number of amides is 1. The molecule has 3 atom stereocenters. The molecule has 1 aromatic carbocycles. The van der Waals surface area contributed by atoms with Crippen LogP contribution in [0.3, 0.4) is 0 Å². The number of fused-ring (bicyclic) bond motifs is 3. The fraction of sp³-hybridized carbons (Fsp3) is 0.500.